The van der Waals surface area contributed by atoms with Crippen molar-refractivity contribution in [2.24, 2.45) is 0 Å². The van der Waals surface area contributed by atoms with Crippen LogP contribution < -0.4 is 0 Å². The molecule has 2 aliphatic rings. The van der Waals surface area contributed by atoms with Crippen LogP contribution in [0.2, 0.25) is 0 Å². The van der Waals surface area contributed by atoms with Gasteiger partial charge in [-0.05, 0) is 35.4 Å². The first-order valence-corrected chi connectivity index (χ1v) is 11.5. The van der Waals surface area contributed by atoms with Crippen molar-refractivity contribution in [2.75, 3.05) is 19.7 Å². The fraction of sp³-hybridized carbons (Fsp3) is 0.241. The zero-order valence-corrected chi connectivity index (χ0v) is 18.8. The third-order valence-corrected chi connectivity index (χ3v) is 6.72. The normalized spacial score (nSPS) is 21.2. The second-order valence-corrected chi connectivity index (χ2v) is 8.82. The highest BCUT2D eigenvalue weighted by molar-refractivity contribution is 5.88. The maximum absolute atomic E-state index is 12.9. The fourth-order valence-electron chi connectivity index (χ4n) is 5.03. The summed E-state index contributed by atoms with van der Waals surface area (Å²) in [5.74, 6) is 6.18. The first kappa shape index (κ1) is 21.9. The lowest BCUT2D eigenvalue weighted by atomic mass is 9.73. The van der Waals surface area contributed by atoms with Crippen molar-refractivity contribution < 1.29 is 14.7 Å². The van der Waals surface area contributed by atoms with E-state index in [4.69, 9.17) is 0 Å². The SMILES string of the molecule is O=C(Cc1ccccc1)N1CC(=O)N2[C@H](CO)[C@@H](c3ccc(C#Cc4ccccc4)cc3)[C@H]2C1. The van der Waals surface area contributed by atoms with Crippen LogP contribution in [0, 0.1) is 11.8 Å². The molecule has 0 bridgehead atoms. The molecule has 5 nitrogen and oxygen atoms in total. The van der Waals surface area contributed by atoms with E-state index in [0.717, 1.165) is 22.3 Å². The van der Waals surface area contributed by atoms with E-state index in [9.17, 15) is 14.7 Å². The topological polar surface area (TPSA) is 60.9 Å². The Kier molecular flexibility index (Phi) is 6.16. The summed E-state index contributed by atoms with van der Waals surface area (Å²) in [6.07, 6.45) is 0.281. The molecule has 0 saturated carbocycles. The van der Waals surface area contributed by atoms with Crippen molar-refractivity contribution >= 4 is 11.8 Å². The van der Waals surface area contributed by atoms with Gasteiger partial charge in [0.1, 0.15) is 0 Å². The first-order valence-electron chi connectivity index (χ1n) is 11.5. The number of benzene rings is 3. The molecule has 2 heterocycles. The van der Waals surface area contributed by atoms with Gasteiger partial charge in [-0.15, -0.1) is 0 Å². The average molecular weight is 451 g/mol. The van der Waals surface area contributed by atoms with E-state index >= 15 is 0 Å². The molecule has 3 aromatic rings. The van der Waals surface area contributed by atoms with Crippen LogP contribution in [0.4, 0.5) is 0 Å². The maximum atomic E-state index is 12.9. The summed E-state index contributed by atoms with van der Waals surface area (Å²) in [4.78, 5) is 29.2. The number of carbonyl (C=O) groups is 2. The second kappa shape index (κ2) is 9.54. The molecule has 0 aliphatic carbocycles. The predicted octanol–water partition coefficient (Wildman–Crippen LogP) is 2.83. The van der Waals surface area contributed by atoms with Gasteiger partial charge in [0.15, 0.2) is 0 Å². The highest BCUT2D eigenvalue weighted by Crippen LogP contribution is 2.43. The number of nitrogens with zero attached hydrogens (tertiary/aromatic N) is 2. The molecule has 0 unspecified atom stereocenters. The Hall–Kier alpha value is -3.88. The molecule has 2 saturated heterocycles. The lowest BCUT2D eigenvalue weighted by molar-refractivity contribution is -0.166. The molecule has 2 aliphatic heterocycles. The fourth-order valence-corrected chi connectivity index (χ4v) is 5.03. The number of carbonyl (C=O) groups excluding carboxylic acids is 2. The Morgan fingerprint density at radius 2 is 1.50 bits per heavy atom. The van der Waals surface area contributed by atoms with Gasteiger partial charge in [-0.1, -0.05) is 72.5 Å². The zero-order valence-electron chi connectivity index (χ0n) is 18.8. The minimum Gasteiger partial charge on any atom is -0.394 e. The van der Waals surface area contributed by atoms with Crippen LogP contribution in [0.25, 0.3) is 0 Å². The summed E-state index contributed by atoms with van der Waals surface area (Å²) in [5, 5.41) is 10.0. The van der Waals surface area contributed by atoms with Crippen LogP contribution >= 0.6 is 0 Å². The first-order chi connectivity index (χ1) is 16.6. The molecule has 2 amide bonds. The van der Waals surface area contributed by atoms with Gasteiger partial charge in [-0.2, -0.15) is 0 Å². The van der Waals surface area contributed by atoms with Gasteiger partial charge in [-0.3, -0.25) is 9.59 Å². The number of hydrogen-bond acceptors (Lipinski definition) is 3. The maximum Gasteiger partial charge on any atom is 0.242 e. The highest BCUT2D eigenvalue weighted by atomic mass is 16.3. The van der Waals surface area contributed by atoms with E-state index in [1.807, 2.05) is 84.9 Å². The van der Waals surface area contributed by atoms with Gasteiger partial charge in [0.25, 0.3) is 0 Å². The summed E-state index contributed by atoms with van der Waals surface area (Å²) in [5.41, 5.74) is 3.86. The Morgan fingerprint density at radius 3 is 2.15 bits per heavy atom. The Morgan fingerprint density at radius 1 is 0.882 bits per heavy atom. The highest BCUT2D eigenvalue weighted by Gasteiger charge is 2.54. The number of piperazine rings is 1. The van der Waals surface area contributed by atoms with E-state index in [-0.39, 0.29) is 49.4 Å². The number of hydrogen-bond donors (Lipinski definition) is 1. The molecule has 1 N–H and O–H groups in total. The third kappa shape index (κ3) is 4.33. The minimum absolute atomic E-state index is 0.0163. The van der Waals surface area contributed by atoms with Gasteiger partial charge in [0.2, 0.25) is 11.8 Å². The zero-order chi connectivity index (χ0) is 23.5. The lowest BCUT2D eigenvalue weighted by Crippen LogP contribution is -2.73. The van der Waals surface area contributed by atoms with Crippen molar-refractivity contribution in [3.8, 4) is 11.8 Å². The molecule has 5 heteroatoms. The molecule has 0 radical (unpaired) electrons. The monoisotopic (exact) mass is 450 g/mol. The molecule has 5 rings (SSSR count). The van der Waals surface area contributed by atoms with E-state index in [1.54, 1.807) is 9.80 Å². The molecule has 2 fully saturated rings. The Balaban J connectivity index is 1.31. The molecule has 0 aromatic heterocycles. The summed E-state index contributed by atoms with van der Waals surface area (Å²) in [6, 6.07) is 27.0. The van der Waals surface area contributed by atoms with E-state index in [2.05, 4.69) is 11.8 Å². The van der Waals surface area contributed by atoms with E-state index in [0.29, 0.717) is 6.54 Å². The van der Waals surface area contributed by atoms with Crippen LogP contribution in [0.1, 0.15) is 28.2 Å². The number of aliphatic hydroxyl groups excluding tert-OH is 1. The summed E-state index contributed by atoms with van der Waals surface area (Å²) in [7, 11) is 0. The van der Waals surface area contributed by atoms with Crippen LogP contribution in [0.3, 0.4) is 0 Å². The van der Waals surface area contributed by atoms with Crippen LogP contribution in [0.15, 0.2) is 84.9 Å². The van der Waals surface area contributed by atoms with Gasteiger partial charge in [0.05, 0.1) is 31.7 Å². The summed E-state index contributed by atoms with van der Waals surface area (Å²) < 4.78 is 0. The van der Waals surface area contributed by atoms with E-state index < -0.39 is 0 Å². The van der Waals surface area contributed by atoms with Crippen LogP contribution in [-0.4, -0.2) is 58.5 Å². The number of aliphatic hydroxyl groups is 1. The van der Waals surface area contributed by atoms with Gasteiger partial charge in [-0.25, -0.2) is 0 Å². The molecule has 3 atom stereocenters. The molecule has 34 heavy (non-hydrogen) atoms. The average Bonchev–Trinajstić information content (AvgIpc) is 2.86. The molecule has 170 valence electrons. The predicted molar refractivity (Wildman–Crippen MR) is 130 cm³/mol. The number of amides is 2. The van der Waals surface area contributed by atoms with Gasteiger partial charge >= 0.3 is 0 Å². The molecule has 0 spiro atoms. The second-order valence-electron chi connectivity index (χ2n) is 8.82. The Labute approximate surface area is 199 Å². The minimum atomic E-state index is -0.259. The largest absolute Gasteiger partial charge is 0.394 e. The van der Waals surface area contributed by atoms with Crippen LogP contribution in [-0.2, 0) is 16.0 Å². The summed E-state index contributed by atoms with van der Waals surface area (Å²) >= 11 is 0. The standard InChI is InChI=1S/C29H26N2O3/c32-20-26-29(24-15-13-22(14-16-24)12-11-21-7-3-1-4-8-21)25-18-30(19-28(34)31(25)26)27(33)17-23-9-5-2-6-10-23/h1-10,13-16,25-26,29,32H,17-20H2/t25-,26-,29+/m1/s1. The number of fused-ring (bicyclic) bond motifs is 1. The summed E-state index contributed by atoms with van der Waals surface area (Å²) in [6.45, 7) is 0.452. The van der Waals surface area contributed by atoms with Gasteiger partial charge < -0.3 is 14.9 Å². The lowest BCUT2D eigenvalue weighted by Gasteiger charge is -2.58. The van der Waals surface area contributed by atoms with Crippen molar-refractivity contribution in [1.29, 1.82) is 0 Å². The van der Waals surface area contributed by atoms with Crippen LogP contribution in [0.5, 0.6) is 0 Å². The third-order valence-electron chi connectivity index (χ3n) is 6.72. The van der Waals surface area contributed by atoms with E-state index in [1.165, 1.54) is 0 Å². The molecular weight excluding hydrogens is 424 g/mol. The van der Waals surface area contributed by atoms with Crippen molar-refractivity contribution in [1.82, 2.24) is 9.80 Å². The van der Waals surface area contributed by atoms with Crippen molar-refractivity contribution in [3.05, 3.63) is 107 Å². The van der Waals surface area contributed by atoms with Gasteiger partial charge in [0, 0.05) is 23.6 Å². The molecular formula is C29H26N2O3. The smallest absolute Gasteiger partial charge is 0.242 e. The Bertz CT molecular complexity index is 1230. The quantitative estimate of drug-likeness (QED) is 0.622. The molecule has 3 aromatic carbocycles. The van der Waals surface area contributed by atoms with Crippen molar-refractivity contribution in [2.45, 2.75) is 24.4 Å². The van der Waals surface area contributed by atoms with Crippen molar-refractivity contribution in [3.63, 3.8) is 0 Å². The number of rotatable bonds is 4.